The number of methoxy groups -OCH3 is 3. The van der Waals surface area contributed by atoms with Crippen molar-refractivity contribution in [2.24, 2.45) is 5.92 Å². The molecule has 2 aliphatic rings. The van der Waals surface area contributed by atoms with Crippen LogP contribution in [-0.4, -0.2) is 43.8 Å². The lowest BCUT2D eigenvalue weighted by molar-refractivity contribution is 0.0190. The van der Waals surface area contributed by atoms with E-state index in [9.17, 15) is 14.4 Å². The lowest BCUT2D eigenvalue weighted by Crippen LogP contribution is -2.49. The number of rotatable bonds is 4. The van der Waals surface area contributed by atoms with Gasteiger partial charge in [-0.25, -0.2) is 9.78 Å². The number of ether oxygens (including phenoxy) is 4. The van der Waals surface area contributed by atoms with Crippen molar-refractivity contribution in [3.63, 3.8) is 0 Å². The third-order valence-corrected chi connectivity index (χ3v) is 7.09. The number of fused-ring (bicyclic) bond motifs is 3. The smallest absolute Gasteiger partial charge is 0.356 e. The Balaban J connectivity index is 1.85. The Bertz CT molecular complexity index is 1440. The van der Waals surface area contributed by atoms with Crippen molar-refractivity contribution < 1.29 is 33.3 Å². The van der Waals surface area contributed by atoms with Crippen LogP contribution in [0, 0.1) is 5.92 Å². The molecule has 2 atom stereocenters. The first-order chi connectivity index (χ1) is 17.3. The second-order valence-corrected chi connectivity index (χ2v) is 9.01. The number of nitrogens with zero attached hydrogens (tertiary/aromatic N) is 1. The summed E-state index contributed by atoms with van der Waals surface area (Å²) in [5.74, 6) is -1.47. The highest BCUT2D eigenvalue weighted by atomic mass is 35.5. The number of esters is 1. The van der Waals surface area contributed by atoms with Gasteiger partial charge < -0.3 is 18.9 Å². The molecule has 1 aromatic heterocycles. The molecular weight excluding hydrogens is 486 g/mol. The van der Waals surface area contributed by atoms with Crippen molar-refractivity contribution in [2.45, 2.75) is 18.9 Å². The summed E-state index contributed by atoms with van der Waals surface area (Å²) in [6.07, 6.45) is 0.0167. The Labute approximate surface area is 212 Å². The third kappa shape index (κ3) is 3.21. The molecule has 0 radical (unpaired) electrons. The van der Waals surface area contributed by atoms with Gasteiger partial charge in [0, 0.05) is 18.4 Å². The van der Waals surface area contributed by atoms with Crippen molar-refractivity contribution in [3.8, 4) is 28.4 Å². The third-order valence-electron chi connectivity index (χ3n) is 6.73. The lowest BCUT2D eigenvalue weighted by Gasteiger charge is -2.38. The first-order valence-corrected chi connectivity index (χ1v) is 11.6. The molecule has 2 aromatic carbocycles. The fourth-order valence-electron chi connectivity index (χ4n) is 4.99. The number of hydrogen-bond acceptors (Lipinski definition) is 8. The van der Waals surface area contributed by atoms with Crippen LogP contribution in [0.1, 0.15) is 50.2 Å². The second-order valence-electron chi connectivity index (χ2n) is 8.63. The monoisotopic (exact) mass is 507 g/mol. The predicted octanol–water partition coefficient (Wildman–Crippen LogP) is 4.90. The van der Waals surface area contributed by atoms with Crippen molar-refractivity contribution in [3.05, 3.63) is 70.0 Å². The Morgan fingerprint density at radius 3 is 2.39 bits per heavy atom. The Kier molecular flexibility index (Phi) is 5.71. The zero-order valence-corrected chi connectivity index (χ0v) is 20.8. The number of pyridine rings is 1. The standard InChI is InChI=1S/C27H22ClNO7/c1-13-10-17(30)20-15(14-8-6-5-7-9-14)11-16(26(32)35-4)29-24(20)27(13)25(31)21-18(33-2)12-19(34-3)22(28)23(21)36-27/h5-9,11-13H,10H2,1-4H3. The molecule has 2 unspecified atom stereocenters. The molecule has 0 saturated heterocycles. The maximum absolute atomic E-state index is 14.2. The van der Waals surface area contributed by atoms with Crippen LogP contribution in [0.3, 0.4) is 0 Å². The van der Waals surface area contributed by atoms with Gasteiger partial charge in [0.25, 0.3) is 0 Å². The number of Topliss-reactive ketones (excluding diaryl/α,β-unsaturated/α-hetero) is 2. The van der Waals surface area contributed by atoms with Gasteiger partial charge in [-0.2, -0.15) is 0 Å². The summed E-state index contributed by atoms with van der Waals surface area (Å²) in [5, 5.41) is 0.0941. The van der Waals surface area contributed by atoms with E-state index in [1.165, 1.54) is 33.5 Å². The van der Waals surface area contributed by atoms with E-state index in [-0.39, 0.29) is 57.0 Å². The first-order valence-electron chi connectivity index (χ1n) is 11.2. The number of halogens is 1. The lowest BCUT2D eigenvalue weighted by atomic mass is 9.70. The van der Waals surface area contributed by atoms with E-state index in [0.717, 1.165) is 0 Å². The number of aromatic nitrogens is 1. The van der Waals surface area contributed by atoms with Gasteiger partial charge in [0.2, 0.25) is 11.4 Å². The molecule has 184 valence electrons. The van der Waals surface area contributed by atoms with E-state index >= 15 is 0 Å². The topological polar surface area (TPSA) is 101 Å². The Morgan fingerprint density at radius 2 is 1.75 bits per heavy atom. The molecule has 0 N–H and O–H groups in total. The maximum atomic E-state index is 14.2. The minimum absolute atomic E-state index is 0.0167. The van der Waals surface area contributed by atoms with Crippen LogP contribution in [0.4, 0.5) is 0 Å². The zero-order chi connectivity index (χ0) is 25.8. The fraction of sp³-hybridized carbons (Fsp3) is 0.259. The number of carbonyl (C=O) groups excluding carboxylic acids is 3. The van der Waals surface area contributed by atoms with E-state index in [1.807, 2.05) is 30.3 Å². The van der Waals surface area contributed by atoms with Gasteiger partial charge in [-0.1, -0.05) is 48.9 Å². The molecule has 1 aliphatic carbocycles. The molecular formula is C27H22ClNO7. The number of ketones is 2. The highest BCUT2D eigenvalue weighted by molar-refractivity contribution is 6.35. The summed E-state index contributed by atoms with van der Waals surface area (Å²) in [7, 11) is 4.09. The van der Waals surface area contributed by atoms with Crippen LogP contribution < -0.4 is 14.2 Å². The molecule has 0 bridgehead atoms. The Morgan fingerprint density at radius 1 is 1.06 bits per heavy atom. The quantitative estimate of drug-likeness (QED) is 0.460. The normalized spacial score (nSPS) is 20.0. The fourth-order valence-corrected chi connectivity index (χ4v) is 5.25. The van der Waals surface area contributed by atoms with Gasteiger partial charge in [0.15, 0.2) is 11.5 Å². The summed E-state index contributed by atoms with van der Waals surface area (Å²) >= 11 is 6.57. The van der Waals surface area contributed by atoms with Crippen LogP contribution in [0.25, 0.3) is 11.1 Å². The van der Waals surface area contributed by atoms with Crippen LogP contribution in [0.2, 0.25) is 5.02 Å². The molecule has 3 aromatic rings. The van der Waals surface area contributed by atoms with Gasteiger partial charge in [-0.3, -0.25) is 9.59 Å². The van der Waals surface area contributed by atoms with Crippen molar-refractivity contribution in [1.82, 2.24) is 4.98 Å². The predicted molar refractivity (Wildman–Crippen MR) is 130 cm³/mol. The summed E-state index contributed by atoms with van der Waals surface area (Å²) in [6, 6.07) is 12.1. The highest BCUT2D eigenvalue weighted by Gasteiger charge is 2.60. The SMILES string of the molecule is COC(=O)c1cc(-c2ccccc2)c2c(n1)C1(Oc3c(Cl)c(OC)cc(OC)c3C1=O)C(C)CC2=O. The molecule has 0 saturated carbocycles. The highest BCUT2D eigenvalue weighted by Crippen LogP contribution is 2.57. The van der Waals surface area contributed by atoms with Gasteiger partial charge >= 0.3 is 5.97 Å². The van der Waals surface area contributed by atoms with Gasteiger partial charge in [0.1, 0.15) is 33.5 Å². The molecule has 2 heterocycles. The molecule has 1 aliphatic heterocycles. The van der Waals surface area contributed by atoms with Crippen LogP contribution in [0.15, 0.2) is 42.5 Å². The molecule has 36 heavy (non-hydrogen) atoms. The second kappa shape index (κ2) is 8.64. The summed E-state index contributed by atoms with van der Waals surface area (Å²) in [6.45, 7) is 1.73. The largest absolute Gasteiger partial charge is 0.496 e. The first kappa shape index (κ1) is 23.8. The van der Waals surface area contributed by atoms with Crippen molar-refractivity contribution in [2.75, 3.05) is 21.3 Å². The summed E-state index contributed by atoms with van der Waals surface area (Å²) in [5.41, 5.74) is -0.245. The molecule has 1 spiro atoms. The molecule has 0 fully saturated rings. The van der Waals surface area contributed by atoms with Gasteiger partial charge in [0.05, 0.1) is 26.9 Å². The average Bonchev–Trinajstić information content (AvgIpc) is 3.21. The van der Waals surface area contributed by atoms with E-state index in [0.29, 0.717) is 11.1 Å². The zero-order valence-electron chi connectivity index (χ0n) is 20.0. The summed E-state index contributed by atoms with van der Waals surface area (Å²) < 4.78 is 22.1. The Hall–Kier alpha value is -3.91. The molecule has 9 heteroatoms. The van der Waals surface area contributed by atoms with Crippen molar-refractivity contribution in [1.29, 1.82) is 0 Å². The van der Waals surface area contributed by atoms with Crippen LogP contribution in [0.5, 0.6) is 17.2 Å². The molecule has 0 amide bonds. The van der Waals surface area contributed by atoms with E-state index < -0.39 is 23.3 Å². The minimum Gasteiger partial charge on any atom is -0.496 e. The molecule has 8 nitrogen and oxygen atoms in total. The van der Waals surface area contributed by atoms with Crippen LogP contribution in [-0.2, 0) is 10.3 Å². The molecule has 5 rings (SSSR count). The van der Waals surface area contributed by atoms with Crippen molar-refractivity contribution >= 4 is 29.1 Å². The van der Waals surface area contributed by atoms with Crippen LogP contribution >= 0.6 is 11.6 Å². The number of carbonyl (C=O) groups is 3. The summed E-state index contributed by atoms with van der Waals surface area (Å²) in [4.78, 5) is 44.8. The minimum atomic E-state index is -1.72. The van der Waals surface area contributed by atoms with E-state index in [4.69, 9.17) is 30.5 Å². The van der Waals surface area contributed by atoms with E-state index in [2.05, 4.69) is 4.98 Å². The maximum Gasteiger partial charge on any atom is 0.356 e. The van der Waals surface area contributed by atoms with Gasteiger partial charge in [-0.15, -0.1) is 0 Å². The number of hydrogen-bond donors (Lipinski definition) is 0. The number of benzene rings is 2. The average molecular weight is 508 g/mol. The van der Waals surface area contributed by atoms with Gasteiger partial charge in [-0.05, 0) is 17.2 Å². The van der Waals surface area contributed by atoms with E-state index in [1.54, 1.807) is 6.92 Å².